The molecule has 1 aromatic carbocycles. The summed E-state index contributed by atoms with van der Waals surface area (Å²) in [4.78, 5) is 0. The van der Waals surface area contributed by atoms with Crippen molar-refractivity contribution in [3.63, 3.8) is 0 Å². The fraction of sp³-hybridized carbons (Fsp3) is 0.500. The van der Waals surface area contributed by atoms with Gasteiger partial charge in [0.25, 0.3) is 0 Å². The van der Waals surface area contributed by atoms with E-state index in [0.717, 1.165) is 0 Å². The quantitative estimate of drug-likeness (QED) is 0.825. The molecule has 1 unspecified atom stereocenters. The highest BCUT2D eigenvalue weighted by Crippen LogP contribution is 2.34. The van der Waals surface area contributed by atoms with E-state index in [1.807, 2.05) is 0 Å². The minimum Gasteiger partial charge on any atom is -0.399 e. The molecule has 0 saturated carbocycles. The molecule has 1 saturated heterocycles. The first kappa shape index (κ1) is 12.4. The van der Waals surface area contributed by atoms with Crippen LogP contribution in [0.4, 0.5) is 10.1 Å². The molecule has 0 aliphatic carbocycles. The number of hydrogen-bond acceptors (Lipinski definition) is 3. The fourth-order valence-corrected chi connectivity index (χ4v) is 3.73. The van der Waals surface area contributed by atoms with E-state index in [2.05, 4.69) is 0 Å². The zero-order valence-electron chi connectivity index (χ0n) is 9.47. The zero-order valence-corrected chi connectivity index (χ0v) is 10.3. The summed E-state index contributed by atoms with van der Waals surface area (Å²) in [6.45, 7) is 0. The predicted molar refractivity (Wildman–Crippen MR) is 66.1 cm³/mol. The number of nitrogen functional groups attached to an aromatic ring is 1. The molecule has 94 valence electrons. The molecule has 1 aromatic rings. The Labute approximate surface area is 101 Å². The Morgan fingerprint density at radius 3 is 2.53 bits per heavy atom. The van der Waals surface area contributed by atoms with Crippen molar-refractivity contribution >= 4 is 15.5 Å². The number of hydrogen-bond donors (Lipinski definition) is 1. The highest BCUT2D eigenvalue weighted by molar-refractivity contribution is 7.91. The average Bonchev–Trinajstić information content (AvgIpc) is 2.28. The van der Waals surface area contributed by atoms with Crippen LogP contribution in [0, 0.1) is 5.92 Å². The van der Waals surface area contributed by atoms with Gasteiger partial charge in [-0.05, 0) is 36.5 Å². The largest absolute Gasteiger partial charge is 0.399 e. The van der Waals surface area contributed by atoms with Gasteiger partial charge in [0.15, 0.2) is 0 Å². The van der Waals surface area contributed by atoms with Crippen molar-refractivity contribution in [2.45, 2.75) is 19.0 Å². The lowest BCUT2D eigenvalue weighted by Gasteiger charge is -2.25. The Morgan fingerprint density at radius 2 is 1.94 bits per heavy atom. The van der Waals surface area contributed by atoms with Crippen LogP contribution in [0.2, 0.25) is 0 Å². The normalized spacial score (nSPS) is 22.2. The number of sulfone groups is 1. The van der Waals surface area contributed by atoms with Crippen LogP contribution in [0.1, 0.15) is 24.6 Å². The van der Waals surface area contributed by atoms with E-state index in [9.17, 15) is 12.8 Å². The summed E-state index contributed by atoms with van der Waals surface area (Å²) < 4.78 is 36.7. The summed E-state index contributed by atoms with van der Waals surface area (Å²) >= 11 is 0. The van der Waals surface area contributed by atoms with Crippen molar-refractivity contribution in [1.82, 2.24) is 0 Å². The van der Waals surface area contributed by atoms with Gasteiger partial charge in [-0.15, -0.1) is 0 Å². The first-order chi connectivity index (χ1) is 7.98. The molecular formula is C12H16FNO2S. The Balaban J connectivity index is 2.09. The van der Waals surface area contributed by atoms with E-state index in [-0.39, 0.29) is 17.4 Å². The van der Waals surface area contributed by atoms with Crippen molar-refractivity contribution < 1.29 is 12.8 Å². The molecule has 3 nitrogen and oxygen atoms in total. The zero-order chi connectivity index (χ0) is 12.5. The van der Waals surface area contributed by atoms with Gasteiger partial charge in [-0.25, -0.2) is 12.8 Å². The van der Waals surface area contributed by atoms with Gasteiger partial charge < -0.3 is 5.73 Å². The van der Waals surface area contributed by atoms with Crippen molar-refractivity contribution in [2.24, 2.45) is 5.92 Å². The van der Waals surface area contributed by atoms with Crippen molar-refractivity contribution in [1.29, 1.82) is 0 Å². The lowest BCUT2D eigenvalue weighted by atomic mass is 9.92. The fourth-order valence-electron chi connectivity index (χ4n) is 2.20. The molecule has 0 aromatic heterocycles. The standard InChI is InChI=1S/C12H16FNO2S/c13-12(10-2-1-3-11(14)8-10)9-4-6-17(15,16)7-5-9/h1-3,8-9,12H,4-7,14H2. The maximum absolute atomic E-state index is 14.2. The Morgan fingerprint density at radius 1 is 1.29 bits per heavy atom. The molecule has 1 aliphatic rings. The number of alkyl halides is 1. The van der Waals surface area contributed by atoms with Gasteiger partial charge in [0.1, 0.15) is 16.0 Å². The monoisotopic (exact) mass is 257 g/mol. The lowest BCUT2D eigenvalue weighted by molar-refractivity contribution is 0.217. The number of rotatable bonds is 2. The molecule has 1 atom stereocenters. The van der Waals surface area contributed by atoms with E-state index < -0.39 is 16.0 Å². The first-order valence-electron chi connectivity index (χ1n) is 5.68. The molecule has 0 radical (unpaired) electrons. The first-order valence-corrected chi connectivity index (χ1v) is 7.50. The summed E-state index contributed by atoms with van der Waals surface area (Å²) in [5.74, 6) is -0.0128. The van der Waals surface area contributed by atoms with Gasteiger partial charge in [0, 0.05) is 5.69 Å². The van der Waals surface area contributed by atoms with E-state index in [1.54, 1.807) is 24.3 Å². The number of anilines is 1. The second-order valence-corrected chi connectivity index (χ2v) is 6.86. The van der Waals surface area contributed by atoms with Gasteiger partial charge >= 0.3 is 0 Å². The molecule has 0 amide bonds. The summed E-state index contributed by atoms with van der Waals surface area (Å²) in [5.41, 5.74) is 6.69. The van der Waals surface area contributed by atoms with Gasteiger partial charge in [-0.2, -0.15) is 0 Å². The van der Waals surface area contributed by atoms with Crippen LogP contribution in [0.25, 0.3) is 0 Å². The summed E-state index contributed by atoms with van der Waals surface area (Å²) in [6.07, 6.45) is -0.314. The Kier molecular flexibility index (Phi) is 3.38. The van der Waals surface area contributed by atoms with Crippen LogP contribution >= 0.6 is 0 Å². The van der Waals surface area contributed by atoms with Crippen LogP contribution in [0.15, 0.2) is 24.3 Å². The topological polar surface area (TPSA) is 60.2 Å². The number of halogens is 1. The van der Waals surface area contributed by atoms with E-state index in [0.29, 0.717) is 24.1 Å². The predicted octanol–water partition coefficient (Wildman–Crippen LogP) is 2.10. The molecule has 0 bridgehead atoms. The molecule has 2 N–H and O–H groups in total. The maximum Gasteiger partial charge on any atom is 0.150 e. The van der Waals surface area contributed by atoms with Crippen LogP contribution in [-0.4, -0.2) is 19.9 Å². The van der Waals surface area contributed by atoms with Gasteiger partial charge in [-0.1, -0.05) is 12.1 Å². The molecule has 5 heteroatoms. The molecule has 2 rings (SSSR count). The average molecular weight is 257 g/mol. The van der Waals surface area contributed by atoms with Crippen LogP contribution in [0.5, 0.6) is 0 Å². The van der Waals surface area contributed by atoms with Gasteiger partial charge in [0.05, 0.1) is 11.5 Å². The van der Waals surface area contributed by atoms with Gasteiger partial charge in [-0.3, -0.25) is 0 Å². The summed E-state index contributed by atoms with van der Waals surface area (Å²) in [5, 5.41) is 0. The minimum atomic E-state index is -2.93. The van der Waals surface area contributed by atoms with E-state index in [1.165, 1.54) is 0 Å². The second kappa shape index (κ2) is 4.64. The smallest absolute Gasteiger partial charge is 0.150 e. The van der Waals surface area contributed by atoms with Crippen molar-refractivity contribution in [3.05, 3.63) is 29.8 Å². The van der Waals surface area contributed by atoms with Crippen LogP contribution in [0.3, 0.4) is 0 Å². The molecule has 17 heavy (non-hydrogen) atoms. The summed E-state index contributed by atoms with van der Waals surface area (Å²) in [6, 6.07) is 6.75. The molecule has 1 aliphatic heterocycles. The number of nitrogens with two attached hydrogens (primary N) is 1. The molecular weight excluding hydrogens is 241 g/mol. The molecule has 1 heterocycles. The SMILES string of the molecule is Nc1cccc(C(F)C2CCS(=O)(=O)CC2)c1. The highest BCUT2D eigenvalue weighted by atomic mass is 32.2. The molecule has 0 spiro atoms. The van der Waals surface area contributed by atoms with Crippen LogP contribution in [-0.2, 0) is 9.84 Å². The van der Waals surface area contributed by atoms with Crippen molar-refractivity contribution in [2.75, 3.05) is 17.2 Å². The van der Waals surface area contributed by atoms with Gasteiger partial charge in [0.2, 0.25) is 0 Å². The third-order valence-corrected chi connectivity index (χ3v) is 4.96. The summed E-state index contributed by atoms with van der Waals surface area (Å²) in [7, 11) is -2.93. The van der Waals surface area contributed by atoms with Crippen molar-refractivity contribution in [3.8, 4) is 0 Å². The van der Waals surface area contributed by atoms with E-state index in [4.69, 9.17) is 5.73 Å². The highest BCUT2D eigenvalue weighted by Gasteiger charge is 2.30. The van der Waals surface area contributed by atoms with E-state index >= 15 is 0 Å². The third kappa shape index (κ3) is 2.97. The van der Waals surface area contributed by atoms with Crippen LogP contribution < -0.4 is 5.73 Å². The maximum atomic E-state index is 14.2. The third-order valence-electron chi connectivity index (χ3n) is 3.24. The molecule has 1 fully saturated rings. The number of benzene rings is 1. The lowest BCUT2D eigenvalue weighted by Crippen LogP contribution is -2.25. The Hall–Kier alpha value is -1.10. The minimum absolute atomic E-state index is 0.0976. The second-order valence-electron chi connectivity index (χ2n) is 4.56. The Bertz CT molecular complexity index is 487.